The average molecular weight is 406 g/mol. The van der Waals surface area contributed by atoms with Crippen LogP contribution in [-0.4, -0.2) is 38.6 Å². The predicted octanol–water partition coefficient (Wildman–Crippen LogP) is 4.57. The molecule has 0 bridgehead atoms. The van der Waals surface area contributed by atoms with Crippen LogP contribution in [0.2, 0.25) is 0 Å². The maximum absolute atomic E-state index is 12.6. The van der Waals surface area contributed by atoms with Gasteiger partial charge in [0.1, 0.15) is 17.2 Å². The summed E-state index contributed by atoms with van der Waals surface area (Å²) in [7, 11) is 5.12. The quantitative estimate of drug-likeness (QED) is 0.564. The summed E-state index contributed by atoms with van der Waals surface area (Å²) < 4.78 is 16.6. The van der Waals surface area contributed by atoms with E-state index in [0.29, 0.717) is 23.7 Å². The summed E-state index contributed by atoms with van der Waals surface area (Å²) in [5.74, 6) is 2.63. The van der Waals surface area contributed by atoms with Crippen molar-refractivity contribution in [3.63, 3.8) is 0 Å². The fourth-order valence-electron chi connectivity index (χ4n) is 3.04. The van der Waals surface area contributed by atoms with Gasteiger partial charge < -0.3 is 19.5 Å². The number of amides is 1. The molecule has 0 spiro atoms. The molecular formula is C24H26N2O4. The van der Waals surface area contributed by atoms with Crippen LogP contribution in [-0.2, 0) is 11.3 Å². The Balaban J connectivity index is 1.62. The molecule has 0 aliphatic heterocycles. The summed E-state index contributed by atoms with van der Waals surface area (Å²) in [5.41, 5.74) is 1.60. The van der Waals surface area contributed by atoms with Gasteiger partial charge in [0, 0.05) is 18.2 Å². The Labute approximate surface area is 177 Å². The second kappa shape index (κ2) is 10.3. The van der Waals surface area contributed by atoms with Crippen LogP contribution in [0.1, 0.15) is 5.56 Å². The third kappa shape index (κ3) is 5.75. The molecule has 0 atom stereocenters. The normalized spacial score (nSPS) is 10.5. The Kier molecular flexibility index (Phi) is 7.29. The van der Waals surface area contributed by atoms with Crippen LogP contribution >= 0.6 is 0 Å². The molecule has 0 aliphatic rings. The maximum Gasteiger partial charge on any atom is 0.238 e. The van der Waals surface area contributed by atoms with Gasteiger partial charge in [0.15, 0.2) is 5.75 Å². The van der Waals surface area contributed by atoms with E-state index in [0.717, 1.165) is 17.1 Å². The van der Waals surface area contributed by atoms with E-state index in [1.54, 1.807) is 14.2 Å². The standard InChI is InChI=1S/C24H26N2O4/c1-26(16-18-13-14-20(28-2)15-23(18)29-3)17-24(27)25-21-11-7-8-12-22(21)30-19-9-5-4-6-10-19/h4-15H,16-17H2,1-3H3,(H,25,27). The van der Waals surface area contributed by atoms with Crippen LogP contribution in [0, 0.1) is 0 Å². The minimum atomic E-state index is -0.130. The van der Waals surface area contributed by atoms with E-state index >= 15 is 0 Å². The molecule has 3 rings (SSSR count). The Bertz CT molecular complexity index is 976. The Morgan fingerprint density at radius 2 is 1.60 bits per heavy atom. The number of hydrogen-bond donors (Lipinski definition) is 1. The molecule has 0 radical (unpaired) electrons. The molecule has 3 aromatic rings. The molecule has 0 saturated heterocycles. The molecule has 3 aromatic carbocycles. The van der Waals surface area contributed by atoms with Gasteiger partial charge in [0.05, 0.1) is 26.5 Å². The summed E-state index contributed by atoms with van der Waals surface area (Å²) in [6, 6.07) is 22.5. The highest BCUT2D eigenvalue weighted by atomic mass is 16.5. The molecule has 6 heteroatoms. The number of rotatable bonds is 9. The molecule has 156 valence electrons. The lowest BCUT2D eigenvalue weighted by atomic mass is 10.2. The summed E-state index contributed by atoms with van der Waals surface area (Å²) in [5, 5.41) is 2.94. The number of carbonyl (C=O) groups is 1. The molecule has 0 aromatic heterocycles. The molecular weight excluding hydrogens is 380 g/mol. The number of nitrogens with one attached hydrogen (secondary N) is 1. The lowest BCUT2D eigenvalue weighted by Crippen LogP contribution is -2.30. The molecule has 0 aliphatic carbocycles. The van der Waals surface area contributed by atoms with Gasteiger partial charge in [-0.25, -0.2) is 0 Å². The van der Waals surface area contributed by atoms with Gasteiger partial charge in [-0.05, 0) is 37.4 Å². The lowest BCUT2D eigenvalue weighted by molar-refractivity contribution is -0.117. The minimum Gasteiger partial charge on any atom is -0.497 e. The molecule has 0 fully saturated rings. The Hall–Kier alpha value is -3.51. The monoisotopic (exact) mass is 406 g/mol. The Morgan fingerprint density at radius 1 is 0.867 bits per heavy atom. The zero-order valence-corrected chi connectivity index (χ0v) is 17.4. The third-order valence-corrected chi connectivity index (χ3v) is 4.48. The molecule has 0 saturated carbocycles. The zero-order chi connectivity index (χ0) is 21.3. The van der Waals surface area contributed by atoms with E-state index in [4.69, 9.17) is 14.2 Å². The number of nitrogens with zero attached hydrogens (tertiary/aromatic N) is 1. The number of likely N-dealkylation sites (N-methyl/N-ethyl adjacent to an activating group) is 1. The number of anilines is 1. The topological polar surface area (TPSA) is 60.0 Å². The first-order valence-corrected chi connectivity index (χ1v) is 9.60. The van der Waals surface area contributed by atoms with E-state index < -0.39 is 0 Å². The average Bonchev–Trinajstić information content (AvgIpc) is 2.76. The first-order valence-electron chi connectivity index (χ1n) is 9.60. The fraction of sp³-hybridized carbons (Fsp3) is 0.208. The SMILES string of the molecule is COc1ccc(CN(C)CC(=O)Nc2ccccc2Oc2ccccc2)c(OC)c1. The van der Waals surface area contributed by atoms with Crippen molar-refractivity contribution in [1.29, 1.82) is 0 Å². The van der Waals surface area contributed by atoms with Crippen LogP contribution in [0.15, 0.2) is 72.8 Å². The van der Waals surface area contributed by atoms with E-state index in [9.17, 15) is 4.79 Å². The molecule has 1 N–H and O–H groups in total. The van der Waals surface area contributed by atoms with E-state index in [1.807, 2.05) is 84.7 Å². The second-order valence-corrected chi connectivity index (χ2v) is 6.81. The second-order valence-electron chi connectivity index (χ2n) is 6.81. The summed E-state index contributed by atoms with van der Waals surface area (Å²) in [6.07, 6.45) is 0. The molecule has 30 heavy (non-hydrogen) atoms. The number of para-hydroxylation sites is 3. The van der Waals surface area contributed by atoms with Crippen LogP contribution < -0.4 is 19.5 Å². The van der Waals surface area contributed by atoms with Crippen molar-refractivity contribution >= 4 is 11.6 Å². The van der Waals surface area contributed by atoms with Crippen molar-refractivity contribution in [3.8, 4) is 23.0 Å². The van der Waals surface area contributed by atoms with E-state index in [-0.39, 0.29) is 12.5 Å². The van der Waals surface area contributed by atoms with Crippen molar-refractivity contribution in [2.45, 2.75) is 6.54 Å². The van der Waals surface area contributed by atoms with Gasteiger partial charge in [0.2, 0.25) is 5.91 Å². The molecule has 0 unspecified atom stereocenters. The van der Waals surface area contributed by atoms with E-state index in [2.05, 4.69) is 5.32 Å². The van der Waals surface area contributed by atoms with Crippen LogP contribution in [0.4, 0.5) is 5.69 Å². The fourth-order valence-corrected chi connectivity index (χ4v) is 3.04. The predicted molar refractivity (Wildman–Crippen MR) is 117 cm³/mol. The first kappa shape index (κ1) is 21.2. The van der Waals surface area contributed by atoms with Crippen molar-refractivity contribution < 1.29 is 19.0 Å². The highest BCUT2D eigenvalue weighted by Crippen LogP contribution is 2.29. The summed E-state index contributed by atoms with van der Waals surface area (Å²) >= 11 is 0. The van der Waals surface area contributed by atoms with Gasteiger partial charge in [-0.15, -0.1) is 0 Å². The molecule has 6 nitrogen and oxygen atoms in total. The number of hydrogen-bond acceptors (Lipinski definition) is 5. The van der Waals surface area contributed by atoms with E-state index in [1.165, 1.54) is 0 Å². The van der Waals surface area contributed by atoms with Crippen molar-refractivity contribution in [2.75, 3.05) is 33.1 Å². The van der Waals surface area contributed by atoms with Gasteiger partial charge in [0.25, 0.3) is 0 Å². The number of methoxy groups -OCH3 is 2. The maximum atomic E-state index is 12.6. The van der Waals surface area contributed by atoms with Crippen LogP contribution in [0.3, 0.4) is 0 Å². The van der Waals surface area contributed by atoms with Crippen LogP contribution in [0.5, 0.6) is 23.0 Å². The third-order valence-electron chi connectivity index (χ3n) is 4.48. The first-order chi connectivity index (χ1) is 14.6. The van der Waals surface area contributed by atoms with Crippen molar-refractivity contribution in [1.82, 2.24) is 4.90 Å². The summed E-state index contributed by atoms with van der Waals surface area (Å²) in [6.45, 7) is 0.775. The highest BCUT2D eigenvalue weighted by molar-refractivity contribution is 5.93. The molecule has 1 amide bonds. The van der Waals surface area contributed by atoms with Gasteiger partial charge in [-0.1, -0.05) is 36.4 Å². The van der Waals surface area contributed by atoms with Crippen molar-refractivity contribution in [2.24, 2.45) is 0 Å². The highest BCUT2D eigenvalue weighted by Gasteiger charge is 2.13. The smallest absolute Gasteiger partial charge is 0.238 e. The van der Waals surface area contributed by atoms with Crippen molar-refractivity contribution in [3.05, 3.63) is 78.4 Å². The minimum absolute atomic E-state index is 0.130. The van der Waals surface area contributed by atoms with Gasteiger partial charge >= 0.3 is 0 Å². The summed E-state index contributed by atoms with van der Waals surface area (Å²) in [4.78, 5) is 14.5. The van der Waals surface area contributed by atoms with Crippen LogP contribution in [0.25, 0.3) is 0 Å². The largest absolute Gasteiger partial charge is 0.497 e. The number of benzene rings is 3. The van der Waals surface area contributed by atoms with Gasteiger partial charge in [-0.2, -0.15) is 0 Å². The number of carbonyl (C=O) groups excluding carboxylic acids is 1. The lowest BCUT2D eigenvalue weighted by Gasteiger charge is -2.19. The number of ether oxygens (including phenoxy) is 3. The Morgan fingerprint density at radius 3 is 2.33 bits per heavy atom. The zero-order valence-electron chi connectivity index (χ0n) is 17.4. The molecule has 0 heterocycles. The van der Waals surface area contributed by atoms with Gasteiger partial charge in [-0.3, -0.25) is 9.69 Å².